The zero-order valence-corrected chi connectivity index (χ0v) is 23.1. The lowest BCUT2D eigenvalue weighted by Gasteiger charge is -2.34. The predicted octanol–water partition coefficient (Wildman–Crippen LogP) is 3.14. The summed E-state index contributed by atoms with van der Waals surface area (Å²) in [6.07, 6.45) is 5.54. The van der Waals surface area contributed by atoms with Crippen LogP contribution in [0.2, 0.25) is 0 Å². The van der Waals surface area contributed by atoms with Gasteiger partial charge in [0.05, 0.1) is 6.54 Å². The Morgan fingerprint density at radius 3 is 2.56 bits per heavy atom. The van der Waals surface area contributed by atoms with Gasteiger partial charge in [-0.05, 0) is 81.6 Å². The maximum absolute atomic E-state index is 13.2. The fourth-order valence-corrected chi connectivity index (χ4v) is 8.88. The van der Waals surface area contributed by atoms with Crippen LogP contribution in [-0.4, -0.2) is 86.3 Å². The number of carbonyl (C=O) groups excluding carboxylic acids is 2. The van der Waals surface area contributed by atoms with Gasteiger partial charge < -0.3 is 14.7 Å². The Bertz CT molecular complexity index is 1200. The van der Waals surface area contributed by atoms with Crippen LogP contribution in [0, 0.1) is 6.92 Å². The summed E-state index contributed by atoms with van der Waals surface area (Å²) in [5.74, 6) is -0.332. The summed E-state index contributed by atoms with van der Waals surface area (Å²) in [5.41, 5.74) is 2.01. The molecule has 0 spiro atoms. The molecule has 2 atom stereocenters. The Morgan fingerprint density at radius 1 is 1.03 bits per heavy atom. The van der Waals surface area contributed by atoms with Gasteiger partial charge in [0.1, 0.15) is 10.3 Å². The van der Waals surface area contributed by atoms with Crippen molar-refractivity contribution in [3.8, 4) is 10.4 Å². The molecule has 0 bridgehead atoms. The van der Waals surface area contributed by atoms with E-state index < -0.39 is 16.1 Å². The average molecular weight is 551 g/mol. The Kier molecular flexibility index (Phi) is 7.83. The molecule has 0 aliphatic carbocycles. The molecular weight excluding hydrogens is 517 g/mol. The minimum Gasteiger partial charge on any atom is -0.337 e. The van der Waals surface area contributed by atoms with Gasteiger partial charge in [-0.3, -0.25) is 9.59 Å². The minimum absolute atomic E-state index is 0.0223. The summed E-state index contributed by atoms with van der Waals surface area (Å²) in [7, 11) is -3.84. The van der Waals surface area contributed by atoms with Crippen LogP contribution in [0.25, 0.3) is 10.4 Å². The molecule has 8 nitrogen and oxygen atoms in total. The average Bonchev–Trinajstić information content (AvgIpc) is 3.64. The van der Waals surface area contributed by atoms with Crippen LogP contribution in [0.1, 0.15) is 44.1 Å². The van der Waals surface area contributed by atoms with Crippen molar-refractivity contribution in [3.05, 3.63) is 28.5 Å². The smallest absolute Gasteiger partial charge is 0.250 e. The van der Waals surface area contributed by atoms with Crippen LogP contribution in [0.15, 0.2) is 27.1 Å². The zero-order chi connectivity index (χ0) is 25.3. The number of carbonyl (C=O) groups is 2. The summed E-state index contributed by atoms with van der Waals surface area (Å²) < 4.78 is 29.0. The van der Waals surface area contributed by atoms with E-state index >= 15 is 0 Å². The van der Waals surface area contributed by atoms with E-state index in [2.05, 4.69) is 9.62 Å². The SMILES string of the molecule is Cc1csc(-c2csc(S(=O)(=O)NC3CCCN(CC(=O)N4CCCC4CN4CCCC4)C3=O)c2)c1. The van der Waals surface area contributed by atoms with E-state index in [9.17, 15) is 18.0 Å². The van der Waals surface area contributed by atoms with E-state index in [0.29, 0.717) is 19.4 Å². The third-order valence-corrected chi connectivity index (χ3v) is 11.4. The number of piperidine rings is 1. The van der Waals surface area contributed by atoms with E-state index in [0.717, 1.165) is 66.4 Å². The van der Waals surface area contributed by atoms with Crippen LogP contribution in [-0.2, 0) is 19.6 Å². The minimum atomic E-state index is -3.84. The van der Waals surface area contributed by atoms with E-state index in [4.69, 9.17) is 0 Å². The Morgan fingerprint density at radius 2 is 1.81 bits per heavy atom. The van der Waals surface area contributed by atoms with Gasteiger partial charge in [-0.2, -0.15) is 4.72 Å². The van der Waals surface area contributed by atoms with E-state index in [1.807, 2.05) is 28.7 Å². The lowest BCUT2D eigenvalue weighted by Crippen LogP contribution is -2.55. The number of rotatable bonds is 8. The fourth-order valence-electron chi connectivity index (χ4n) is 5.49. The normalized spacial score (nSPS) is 23.6. The summed E-state index contributed by atoms with van der Waals surface area (Å²) in [6, 6.07) is 3.07. The van der Waals surface area contributed by atoms with Crippen LogP contribution >= 0.6 is 22.7 Å². The number of likely N-dealkylation sites (tertiary alicyclic amines) is 3. The molecule has 196 valence electrons. The molecule has 2 unspecified atom stereocenters. The van der Waals surface area contributed by atoms with Crippen molar-refractivity contribution < 1.29 is 18.0 Å². The van der Waals surface area contributed by atoms with Crippen LogP contribution in [0.3, 0.4) is 0 Å². The monoisotopic (exact) mass is 550 g/mol. The number of aryl methyl sites for hydroxylation is 1. The topological polar surface area (TPSA) is 90.0 Å². The first-order chi connectivity index (χ1) is 17.3. The van der Waals surface area contributed by atoms with E-state index in [1.165, 1.54) is 12.8 Å². The summed E-state index contributed by atoms with van der Waals surface area (Å²) >= 11 is 2.74. The highest BCUT2D eigenvalue weighted by Crippen LogP contribution is 2.33. The molecule has 5 rings (SSSR count). The number of hydrogen-bond acceptors (Lipinski definition) is 7. The highest BCUT2D eigenvalue weighted by atomic mass is 32.2. The van der Waals surface area contributed by atoms with Crippen molar-refractivity contribution in [2.24, 2.45) is 0 Å². The third-order valence-electron chi connectivity index (χ3n) is 7.37. The van der Waals surface area contributed by atoms with Gasteiger partial charge in [-0.25, -0.2) is 8.42 Å². The van der Waals surface area contributed by atoms with E-state index in [-0.39, 0.29) is 28.6 Å². The second-order valence-electron chi connectivity index (χ2n) is 10.1. The van der Waals surface area contributed by atoms with Gasteiger partial charge in [0.2, 0.25) is 11.8 Å². The molecule has 0 aromatic carbocycles. The highest BCUT2D eigenvalue weighted by molar-refractivity contribution is 7.91. The Balaban J connectivity index is 1.20. The number of hydrogen-bond donors (Lipinski definition) is 1. The van der Waals surface area contributed by atoms with E-state index in [1.54, 1.807) is 22.3 Å². The molecule has 11 heteroatoms. The Labute approximate surface area is 221 Å². The second kappa shape index (κ2) is 10.9. The van der Waals surface area contributed by atoms with Crippen LogP contribution in [0.4, 0.5) is 0 Å². The van der Waals surface area contributed by atoms with Gasteiger partial charge in [-0.15, -0.1) is 22.7 Å². The molecule has 3 fully saturated rings. The van der Waals surface area contributed by atoms with Gasteiger partial charge >= 0.3 is 0 Å². The van der Waals surface area contributed by atoms with Crippen molar-refractivity contribution in [1.29, 1.82) is 0 Å². The van der Waals surface area contributed by atoms with Gasteiger partial charge in [0.25, 0.3) is 10.0 Å². The molecule has 2 aromatic heterocycles. The molecule has 3 aliphatic heterocycles. The second-order valence-corrected chi connectivity index (χ2v) is 13.9. The molecule has 5 heterocycles. The molecule has 2 amide bonds. The van der Waals surface area contributed by atoms with Gasteiger partial charge in [-0.1, -0.05) is 0 Å². The largest absolute Gasteiger partial charge is 0.337 e. The fraction of sp³-hybridized carbons (Fsp3) is 0.600. The van der Waals surface area contributed by atoms with Crippen molar-refractivity contribution in [2.45, 2.75) is 61.7 Å². The number of amides is 2. The van der Waals surface area contributed by atoms with Crippen LogP contribution < -0.4 is 4.72 Å². The maximum atomic E-state index is 13.2. The molecule has 1 N–H and O–H groups in total. The number of nitrogens with zero attached hydrogens (tertiary/aromatic N) is 3. The van der Waals surface area contributed by atoms with Gasteiger partial charge in [0.15, 0.2) is 0 Å². The summed E-state index contributed by atoms with van der Waals surface area (Å²) in [5, 5.41) is 3.87. The van der Waals surface area contributed by atoms with Crippen molar-refractivity contribution in [3.63, 3.8) is 0 Å². The first kappa shape index (κ1) is 25.8. The highest BCUT2D eigenvalue weighted by Gasteiger charge is 2.36. The molecular formula is C25H34N4O4S3. The van der Waals surface area contributed by atoms with Crippen LogP contribution in [0.5, 0.6) is 0 Å². The number of nitrogens with one attached hydrogen (secondary N) is 1. The quantitative estimate of drug-likeness (QED) is 0.546. The van der Waals surface area contributed by atoms with Crippen molar-refractivity contribution in [2.75, 3.05) is 39.3 Å². The standard InChI is InChI=1S/C25H34N4O4S3/c1-18-12-22(34-16-18)19-13-24(35-17-19)36(32,33)26-21-7-5-10-28(25(21)31)15-23(30)29-11-4-6-20(29)14-27-8-2-3-9-27/h12-13,16-17,20-21,26H,2-11,14-15H2,1H3. The predicted molar refractivity (Wildman–Crippen MR) is 143 cm³/mol. The van der Waals surface area contributed by atoms with Crippen molar-refractivity contribution in [1.82, 2.24) is 19.4 Å². The number of sulfonamides is 1. The first-order valence-corrected chi connectivity index (χ1v) is 16.0. The lowest BCUT2D eigenvalue weighted by atomic mass is 10.1. The molecule has 0 saturated carbocycles. The third kappa shape index (κ3) is 5.70. The zero-order valence-electron chi connectivity index (χ0n) is 20.6. The molecule has 3 aliphatic rings. The molecule has 36 heavy (non-hydrogen) atoms. The molecule has 3 saturated heterocycles. The summed E-state index contributed by atoms with van der Waals surface area (Å²) in [4.78, 5) is 33.3. The van der Waals surface area contributed by atoms with Gasteiger partial charge in [0, 0.05) is 41.5 Å². The molecule has 0 radical (unpaired) electrons. The lowest BCUT2D eigenvalue weighted by molar-refractivity contribution is -0.143. The summed E-state index contributed by atoms with van der Waals surface area (Å²) in [6.45, 7) is 6.36. The first-order valence-electron chi connectivity index (χ1n) is 12.8. The van der Waals surface area contributed by atoms with Crippen molar-refractivity contribution >= 4 is 44.5 Å². The number of thiophene rings is 2. The Hall–Kier alpha value is -1.79. The maximum Gasteiger partial charge on any atom is 0.250 e. The molecule has 2 aromatic rings.